The van der Waals surface area contributed by atoms with E-state index < -0.39 is 0 Å². The number of aromatic nitrogens is 2. The largest absolute Gasteiger partial charge is 0.332 e. The summed E-state index contributed by atoms with van der Waals surface area (Å²) in [4.78, 5) is 4.89. The van der Waals surface area contributed by atoms with Crippen LogP contribution in [0.1, 0.15) is 187 Å². The molecule has 0 saturated carbocycles. The van der Waals surface area contributed by atoms with Gasteiger partial charge in [-0.25, -0.2) is 4.98 Å². The lowest BCUT2D eigenvalue weighted by atomic mass is 9.93. The molecule has 33 heavy (non-hydrogen) atoms. The molecule has 1 aromatic rings. The number of hydrogen-bond acceptors (Lipinski definition) is 1. The summed E-state index contributed by atoms with van der Waals surface area (Å²) in [5, 5.41) is 0. The van der Waals surface area contributed by atoms with Crippen LogP contribution in [0.3, 0.4) is 0 Å². The third-order valence-electron chi connectivity index (χ3n) is 7.58. The van der Waals surface area contributed by atoms with Crippen molar-refractivity contribution in [2.45, 2.75) is 181 Å². The summed E-state index contributed by atoms with van der Waals surface area (Å²) in [5.41, 5.74) is 0. The molecule has 0 saturated heterocycles. The van der Waals surface area contributed by atoms with E-state index in [1.807, 2.05) is 0 Å². The first-order valence-electron chi connectivity index (χ1n) is 15.3. The maximum Gasteiger partial charge on any atom is 0.111 e. The monoisotopic (exact) mass is 460 g/mol. The third kappa shape index (κ3) is 14.9. The molecule has 0 aliphatic rings. The summed E-state index contributed by atoms with van der Waals surface area (Å²) in [6.45, 7) is 9.30. The van der Waals surface area contributed by atoms with E-state index in [-0.39, 0.29) is 0 Å². The van der Waals surface area contributed by atoms with Crippen LogP contribution in [0, 0.1) is 0 Å². The Morgan fingerprint density at radius 3 is 1.48 bits per heavy atom. The van der Waals surface area contributed by atoms with Gasteiger partial charge in [0.25, 0.3) is 0 Å². The standard InChI is InChI=1S/C31H60N2/c1-5-8-11-13-14-15-16-17-18-19-20-21-23-26-30(25-22-12-9-6-2)31-32-27-28-33(31)29(4)24-10-7-3/h27-30H,5-26H2,1-4H3. The normalized spacial score (nSPS) is 13.5. The van der Waals surface area contributed by atoms with E-state index in [0.717, 1.165) is 0 Å². The van der Waals surface area contributed by atoms with Crippen molar-refractivity contribution < 1.29 is 0 Å². The molecule has 2 nitrogen and oxygen atoms in total. The van der Waals surface area contributed by atoms with E-state index in [9.17, 15) is 0 Å². The number of unbranched alkanes of at least 4 members (excludes halogenated alkanes) is 16. The van der Waals surface area contributed by atoms with E-state index in [4.69, 9.17) is 4.98 Å². The summed E-state index contributed by atoms with van der Waals surface area (Å²) < 4.78 is 2.52. The Bertz CT molecular complexity index is 521. The van der Waals surface area contributed by atoms with E-state index in [1.165, 1.54) is 147 Å². The van der Waals surface area contributed by atoms with Gasteiger partial charge in [0, 0.05) is 24.4 Å². The van der Waals surface area contributed by atoms with Crippen LogP contribution in [0.2, 0.25) is 0 Å². The molecule has 0 aliphatic heterocycles. The van der Waals surface area contributed by atoms with Crippen LogP contribution in [0.15, 0.2) is 12.4 Å². The van der Waals surface area contributed by atoms with Gasteiger partial charge in [-0.05, 0) is 26.2 Å². The smallest absolute Gasteiger partial charge is 0.111 e. The Morgan fingerprint density at radius 2 is 1.00 bits per heavy atom. The Labute approximate surface area is 208 Å². The fraction of sp³-hybridized carbons (Fsp3) is 0.903. The molecule has 1 rings (SSSR count). The molecular formula is C31H60N2. The lowest BCUT2D eigenvalue weighted by Crippen LogP contribution is -2.13. The maximum absolute atomic E-state index is 4.89. The molecule has 1 heterocycles. The predicted molar refractivity (Wildman–Crippen MR) is 148 cm³/mol. The molecule has 0 bridgehead atoms. The van der Waals surface area contributed by atoms with Gasteiger partial charge in [0.2, 0.25) is 0 Å². The van der Waals surface area contributed by atoms with Crippen molar-refractivity contribution in [2.75, 3.05) is 0 Å². The molecule has 0 aromatic carbocycles. The second-order valence-electron chi connectivity index (χ2n) is 10.8. The maximum atomic E-state index is 4.89. The zero-order valence-corrected chi connectivity index (χ0v) is 23.3. The van der Waals surface area contributed by atoms with Crippen LogP contribution in [0.5, 0.6) is 0 Å². The highest BCUT2D eigenvalue weighted by Gasteiger charge is 2.19. The van der Waals surface area contributed by atoms with Gasteiger partial charge < -0.3 is 4.57 Å². The van der Waals surface area contributed by atoms with Crippen molar-refractivity contribution in [1.82, 2.24) is 9.55 Å². The van der Waals surface area contributed by atoms with Gasteiger partial charge in [-0.15, -0.1) is 0 Å². The average Bonchev–Trinajstić information content (AvgIpc) is 3.31. The van der Waals surface area contributed by atoms with E-state index in [2.05, 4.69) is 44.7 Å². The quantitative estimate of drug-likeness (QED) is 0.140. The van der Waals surface area contributed by atoms with Gasteiger partial charge in [0.05, 0.1) is 0 Å². The summed E-state index contributed by atoms with van der Waals surface area (Å²) in [6.07, 6.45) is 35.0. The highest BCUT2D eigenvalue weighted by Crippen LogP contribution is 2.30. The fourth-order valence-corrected chi connectivity index (χ4v) is 5.28. The molecule has 194 valence electrons. The Hall–Kier alpha value is -0.790. The number of rotatable bonds is 24. The van der Waals surface area contributed by atoms with Crippen molar-refractivity contribution in [3.05, 3.63) is 18.2 Å². The third-order valence-corrected chi connectivity index (χ3v) is 7.58. The molecular weight excluding hydrogens is 400 g/mol. The molecule has 2 atom stereocenters. The molecule has 1 aromatic heterocycles. The summed E-state index contributed by atoms with van der Waals surface area (Å²) in [5.74, 6) is 2.04. The van der Waals surface area contributed by atoms with Crippen molar-refractivity contribution in [3.63, 3.8) is 0 Å². The zero-order valence-electron chi connectivity index (χ0n) is 23.3. The minimum Gasteiger partial charge on any atom is -0.332 e. The van der Waals surface area contributed by atoms with Crippen molar-refractivity contribution in [1.29, 1.82) is 0 Å². The fourth-order valence-electron chi connectivity index (χ4n) is 5.28. The Kier molecular flexibility index (Phi) is 19.9. The van der Waals surface area contributed by atoms with E-state index >= 15 is 0 Å². The van der Waals surface area contributed by atoms with Crippen LogP contribution < -0.4 is 0 Å². The molecule has 0 radical (unpaired) electrons. The van der Waals surface area contributed by atoms with Gasteiger partial charge in [-0.1, -0.05) is 143 Å². The number of nitrogens with zero attached hydrogens (tertiary/aromatic N) is 2. The van der Waals surface area contributed by atoms with Crippen LogP contribution in [0.25, 0.3) is 0 Å². The zero-order chi connectivity index (χ0) is 24.0. The number of imidazole rings is 1. The van der Waals surface area contributed by atoms with Gasteiger partial charge >= 0.3 is 0 Å². The topological polar surface area (TPSA) is 17.8 Å². The van der Waals surface area contributed by atoms with Gasteiger partial charge in [0.1, 0.15) is 5.82 Å². The van der Waals surface area contributed by atoms with Crippen LogP contribution in [-0.2, 0) is 0 Å². The van der Waals surface area contributed by atoms with Crippen molar-refractivity contribution in [3.8, 4) is 0 Å². The lowest BCUT2D eigenvalue weighted by molar-refractivity contribution is 0.418. The lowest BCUT2D eigenvalue weighted by Gasteiger charge is -2.22. The molecule has 0 amide bonds. The van der Waals surface area contributed by atoms with E-state index in [1.54, 1.807) is 0 Å². The van der Waals surface area contributed by atoms with Gasteiger partial charge in [-0.3, -0.25) is 0 Å². The summed E-state index contributed by atoms with van der Waals surface area (Å²) in [7, 11) is 0. The van der Waals surface area contributed by atoms with Crippen LogP contribution >= 0.6 is 0 Å². The molecule has 0 fully saturated rings. The molecule has 2 unspecified atom stereocenters. The first-order valence-corrected chi connectivity index (χ1v) is 15.3. The van der Waals surface area contributed by atoms with Gasteiger partial charge in [0.15, 0.2) is 0 Å². The second kappa shape index (κ2) is 21.7. The Morgan fingerprint density at radius 1 is 0.576 bits per heavy atom. The van der Waals surface area contributed by atoms with Crippen LogP contribution in [-0.4, -0.2) is 9.55 Å². The SMILES string of the molecule is CCCCCCCCCCCCCCCC(CCCCCC)c1nccn1C(C)CCCC. The molecule has 0 aliphatic carbocycles. The molecule has 0 spiro atoms. The highest BCUT2D eigenvalue weighted by atomic mass is 15.1. The first kappa shape index (κ1) is 30.2. The molecule has 0 N–H and O–H groups in total. The average molecular weight is 461 g/mol. The second-order valence-corrected chi connectivity index (χ2v) is 10.8. The minimum atomic E-state index is 0.590. The van der Waals surface area contributed by atoms with Crippen LogP contribution in [0.4, 0.5) is 0 Å². The summed E-state index contributed by atoms with van der Waals surface area (Å²) in [6, 6.07) is 0.590. The van der Waals surface area contributed by atoms with Crippen molar-refractivity contribution in [2.24, 2.45) is 0 Å². The Balaban J connectivity index is 2.30. The van der Waals surface area contributed by atoms with E-state index in [0.29, 0.717) is 12.0 Å². The molecule has 2 heteroatoms. The predicted octanol–water partition coefficient (Wildman–Crippen LogP) is 11.2. The minimum absolute atomic E-state index is 0.590. The summed E-state index contributed by atoms with van der Waals surface area (Å²) >= 11 is 0. The van der Waals surface area contributed by atoms with Gasteiger partial charge in [-0.2, -0.15) is 0 Å². The highest BCUT2D eigenvalue weighted by molar-refractivity contribution is 5.02. The first-order chi connectivity index (χ1) is 16.2. The number of hydrogen-bond donors (Lipinski definition) is 0. The van der Waals surface area contributed by atoms with Crippen molar-refractivity contribution >= 4 is 0 Å².